The van der Waals surface area contributed by atoms with Gasteiger partial charge in [0.2, 0.25) is 0 Å². The van der Waals surface area contributed by atoms with Crippen LogP contribution in [0.5, 0.6) is 0 Å². The van der Waals surface area contributed by atoms with Gasteiger partial charge in [-0.05, 0) is 24.0 Å². The van der Waals surface area contributed by atoms with Gasteiger partial charge in [0.1, 0.15) is 0 Å². The van der Waals surface area contributed by atoms with Crippen molar-refractivity contribution >= 4 is 10.7 Å². The highest BCUT2D eigenvalue weighted by Gasteiger charge is 2.24. The van der Waals surface area contributed by atoms with Crippen LogP contribution in [0.1, 0.15) is 43.9 Å². The third-order valence-electron chi connectivity index (χ3n) is 3.30. The van der Waals surface area contributed by atoms with Crippen LogP contribution in [-0.2, 0) is 10.7 Å². The average Bonchev–Trinajstić information content (AvgIpc) is 2.27. The predicted molar refractivity (Wildman–Crippen MR) is 75.7 cm³/mol. The second kappa shape index (κ2) is 5.32. The van der Waals surface area contributed by atoms with E-state index in [9.17, 15) is 0 Å². The third kappa shape index (κ3) is 2.96. The lowest BCUT2D eigenvalue weighted by atomic mass is 9.93. The van der Waals surface area contributed by atoms with Crippen LogP contribution in [0.25, 0.3) is 0 Å². The van der Waals surface area contributed by atoms with Crippen LogP contribution >= 0.6 is 0 Å². The van der Waals surface area contributed by atoms with Crippen LogP contribution in [0.4, 0.5) is 0 Å². The molecule has 0 aliphatic carbocycles. The van der Waals surface area contributed by atoms with Gasteiger partial charge in [0.05, 0.1) is 0 Å². The minimum atomic E-state index is -0.185. The molecule has 0 aromatic heterocycles. The Bertz CT molecular complexity index is 414. The SMILES string of the molecule is CC1CS(=N)CC(c2ccccc2C(C)C)N1. The summed E-state index contributed by atoms with van der Waals surface area (Å²) in [7, 11) is -0.185. The number of hydrogen-bond acceptors (Lipinski definition) is 2. The summed E-state index contributed by atoms with van der Waals surface area (Å²) >= 11 is 0. The Morgan fingerprint density at radius 2 is 2.00 bits per heavy atom. The summed E-state index contributed by atoms with van der Waals surface area (Å²) in [5.41, 5.74) is 2.83. The monoisotopic (exact) mass is 250 g/mol. The fraction of sp³-hybridized carbons (Fsp3) is 0.571. The molecule has 0 radical (unpaired) electrons. The van der Waals surface area contributed by atoms with Crippen LogP contribution < -0.4 is 5.32 Å². The molecule has 1 saturated heterocycles. The lowest BCUT2D eigenvalue weighted by Crippen LogP contribution is -2.43. The summed E-state index contributed by atoms with van der Waals surface area (Å²) in [5.74, 6) is 2.52. The van der Waals surface area contributed by atoms with Crippen molar-refractivity contribution in [3.05, 3.63) is 35.4 Å². The summed E-state index contributed by atoms with van der Waals surface area (Å²) < 4.78 is 8.05. The van der Waals surface area contributed by atoms with Crippen LogP contribution in [0.2, 0.25) is 0 Å². The van der Waals surface area contributed by atoms with E-state index in [0.717, 1.165) is 11.5 Å². The first kappa shape index (κ1) is 12.8. The molecule has 0 bridgehead atoms. The van der Waals surface area contributed by atoms with Gasteiger partial charge in [0.15, 0.2) is 0 Å². The Hall–Kier alpha value is -0.670. The molecule has 3 atom stereocenters. The highest BCUT2D eigenvalue weighted by Crippen LogP contribution is 2.27. The highest BCUT2D eigenvalue weighted by atomic mass is 32.2. The summed E-state index contributed by atoms with van der Waals surface area (Å²) in [4.78, 5) is 0. The largest absolute Gasteiger partial charge is 0.306 e. The molecule has 0 spiro atoms. The summed E-state index contributed by atoms with van der Waals surface area (Å²) in [6.07, 6.45) is 0. The number of benzene rings is 1. The van der Waals surface area contributed by atoms with E-state index in [1.165, 1.54) is 11.1 Å². The minimum Gasteiger partial charge on any atom is -0.306 e. The van der Waals surface area contributed by atoms with Crippen molar-refractivity contribution in [2.24, 2.45) is 0 Å². The molecule has 1 aromatic carbocycles. The van der Waals surface area contributed by atoms with Gasteiger partial charge in [-0.1, -0.05) is 38.1 Å². The topological polar surface area (TPSA) is 35.9 Å². The minimum absolute atomic E-state index is 0.185. The lowest BCUT2D eigenvalue weighted by molar-refractivity contribution is 0.495. The average molecular weight is 250 g/mol. The number of hydrogen-bond donors (Lipinski definition) is 2. The molecule has 3 unspecified atom stereocenters. The quantitative estimate of drug-likeness (QED) is 0.830. The van der Waals surface area contributed by atoms with E-state index in [0.29, 0.717) is 18.0 Å². The Balaban J connectivity index is 2.30. The Morgan fingerprint density at radius 3 is 2.65 bits per heavy atom. The van der Waals surface area contributed by atoms with Crippen LogP contribution in [0.3, 0.4) is 0 Å². The van der Waals surface area contributed by atoms with E-state index in [1.54, 1.807) is 0 Å². The molecule has 2 rings (SSSR count). The molecule has 1 aliphatic heterocycles. The molecule has 94 valence electrons. The van der Waals surface area contributed by atoms with E-state index in [2.05, 4.69) is 50.4 Å². The Morgan fingerprint density at radius 1 is 1.29 bits per heavy atom. The van der Waals surface area contributed by atoms with Gasteiger partial charge in [-0.25, -0.2) is 0 Å². The zero-order valence-corrected chi connectivity index (χ0v) is 11.7. The van der Waals surface area contributed by atoms with Gasteiger partial charge in [-0.3, -0.25) is 4.78 Å². The van der Waals surface area contributed by atoms with E-state index < -0.39 is 0 Å². The van der Waals surface area contributed by atoms with E-state index in [-0.39, 0.29) is 10.7 Å². The van der Waals surface area contributed by atoms with Crippen molar-refractivity contribution in [3.8, 4) is 0 Å². The van der Waals surface area contributed by atoms with Gasteiger partial charge < -0.3 is 5.32 Å². The molecule has 1 aromatic rings. The van der Waals surface area contributed by atoms with E-state index in [4.69, 9.17) is 4.78 Å². The smallest absolute Gasteiger partial charge is 0.0426 e. The summed E-state index contributed by atoms with van der Waals surface area (Å²) in [6.45, 7) is 6.68. The second-order valence-electron chi connectivity index (χ2n) is 5.23. The van der Waals surface area contributed by atoms with Gasteiger partial charge in [-0.2, -0.15) is 0 Å². The molecule has 1 fully saturated rings. The predicted octanol–water partition coefficient (Wildman–Crippen LogP) is 3.22. The Labute approximate surface area is 107 Å². The number of rotatable bonds is 2. The van der Waals surface area contributed by atoms with Gasteiger partial charge in [-0.15, -0.1) is 10.7 Å². The van der Waals surface area contributed by atoms with E-state index >= 15 is 0 Å². The van der Waals surface area contributed by atoms with Crippen molar-refractivity contribution < 1.29 is 0 Å². The van der Waals surface area contributed by atoms with Crippen molar-refractivity contribution in [1.82, 2.24) is 5.32 Å². The normalized spacial score (nSPS) is 29.5. The maximum absolute atomic E-state index is 8.05. The number of nitrogens with one attached hydrogen (secondary N) is 2. The molecule has 0 amide bonds. The van der Waals surface area contributed by atoms with Crippen molar-refractivity contribution in [1.29, 1.82) is 4.78 Å². The van der Waals surface area contributed by atoms with Gasteiger partial charge >= 0.3 is 0 Å². The first-order chi connectivity index (χ1) is 8.08. The molecule has 3 heteroatoms. The maximum Gasteiger partial charge on any atom is 0.0426 e. The summed E-state index contributed by atoms with van der Waals surface area (Å²) in [5, 5.41) is 3.65. The molecule has 2 nitrogen and oxygen atoms in total. The molecule has 17 heavy (non-hydrogen) atoms. The Kier molecular flexibility index (Phi) is 4.00. The maximum atomic E-state index is 8.05. The van der Waals surface area contributed by atoms with Crippen LogP contribution in [0, 0.1) is 4.78 Å². The lowest BCUT2D eigenvalue weighted by Gasteiger charge is -2.32. The standard InChI is InChI=1S/C14H22N2S/c1-10(2)12-6-4-5-7-13(12)14-9-17(15)8-11(3)16-14/h4-7,10-11,14-16H,8-9H2,1-3H3. The van der Waals surface area contributed by atoms with Crippen LogP contribution in [-0.4, -0.2) is 17.5 Å². The fourth-order valence-corrected chi connectivity index (χ4v) is 4.06. The van der Waals surface area contributed by atoms with E-state index in [1.807, 2.05) is 0 Å². The molecule has 1 heterocycles. The molecule has 2 N–H and O–H groups in total. The molecule has 1 aliphatic rings. The van der Waals surface area contributed by atoms with Crippen molar-refractivity contribution in [2.75, 3.05) is 11.5 Å². The molecule has 0 saturated carbocycles. The first-order valence-electron chi connectivity index (χ1n) is 6.31. The third-order valence-corrected chi connectivity index (χ3v) is 4.94. The summed E-state index contributed by atoms with van der Waals surface area (Å²) in [6, 6.07) is 9.52. The highest BCUT2D eigenvalue weighted by molar-refractivity contribution is 7.86. The second-order valence-corrected chi connectivity index (χ2v) is 6.88. The van der Waals surface area contributed by atoms with Crippen molar-refractivity contribution in [3.63, 3.8) is 0 Å². The molecular formula is C14H22N2S. The first-order valence-corrected chi connectivity index (χ1v) is 7.88. The zero-order chi connectivity index (χ0) is 12.4. The van der Waals surface area contributed by atoms with Crippen molar-refractivity contribution in [2.45, 2.75) is 38.8 Å². The fourth-order valence-electron chi connectivity index (χ4n) is 2.54. The zero-order valence-electron chi connectivity index (χ0n) is 10.9. The van der Waals surface area contributed by atoms with Crippen LogP contribution in [0.15, 0.2) is 24.3 Å². The molecular weight excluding hydrogens is 228 g/mol. The van der Waals surface area contributed by atoms with Gasteiger partial charge in [0.25, 0.3) is 0 Å². The van der Waals surface area contributed by atoms with Gasteiger partial charge in [0, 0.05) is 23.6 Å².